The molecule has 0 aromatic heterocycles. The van der Waals surface area contributed by atoms with Crippen LogP contribution in [-0.2, 0) is 11.4 Å². The Kier molecular flexibility index (Phi) is 4.91. The second-order valence-corrected chi connectivity index (χ2v) is 6.72. The third-order valence-corrected chi connectivity index (χ3v) is 3.78. The third kappa shape index (κ3) is 4.26. The molecule has 0 spiro atoms. The Balaban J connectivity index is 2.82. The Bertz CT molecular complexity index is 340. The van der Waals surface area contributed by atoms with Crippen LogP contribution in [0.2, 0.25) is 0 Å². The van der Waals surface area contributed by atoms with Crippen molar-refractivity contribution in [1.82, 2.24) is 4.72 Å². The molecular formula is C12H17F2NOS. The maximum atomic E-state index is 12.9. The number of nitrogens with one attached hydrogen (secondary N) is 1. The van der Waals surface area contributed by atoms with Crippen molar-refractivity contribution in [2.24, 2.45) is 0 Å². The van der Waals surface area contributed by atoms with Crippen molar-refractivity contribution in [2.75, 3.05) is 0 Å². The molecule has 0 bridgehead atoms. The summed E-state index contributed by atoms with van der Waals surface area (Å²) in [6, 6.07) is 7.13. The van der Waals surface area contributed by atoms with Crippen molar-refractivity contribution in [3.63, 3.8) is 0 Å². The molecule has 2 nitrogen and oxygen atoms in total. The first-order valence-electron chi connectivity index (χ1n) is 5.33. The molecule has 96 valence electrons. The van der Waals surface area contributed by atoms with Crippen molar-refractivity contribution >= 4 is 11.4 Å². The lowest BCUT2D eigenvalue weighted by Crippen LogP contribution is -2.43. The van der Waals surface area contributed by atoms with Gasteiger partial charge in [0.25, 0.3) is 6.43 Å². The summed E-state index contributed by atoms with van der Waals surface area (Å²) in [5, 5.41) is 0. The number of benzene rings is 1. The standard InChI is InChI=1S/C12H17F2NOS/c1-12(2,3)17(16)15-10(11(13)14)9-7-5-4-6-8-9/h4-8,10-11,15H,1-3H3/t10?,17-/m0/s1. The number of hydrogen-bond acceptors (Lipinski definition) is 2. The van der Waals surface area contributed by atoms with Crippen LogP contribution >= 0.6 is 0 Å². The summed E-state index contributed by atoms with van der Waals surface area (Å²) in [6.07, 6.45) is -2.59. The predicted octanol–water partition coefficient (Wildman–Crippen LogP) is 3.04. The van der Waals surface area contributed by atoms with Crippen LogP contribution in [0.25, 0.3) is 0 Å². The van der Waals surface area contributed by atoms with E-state index in [1.54, 1.807) is 51.1 Å². The van der Waals surface area contributed by atoms with Gasteiger partial charge in [0.1, 0.15) is 10.8 Å². The first kappa shape index (κ1) is 14.4. The summed E-state index contributed by atoms with van der Waals surface area (Å²) in [7, 11) is 0. The lowest BCUT2D eigenvalue weighted by atomic mass is 10.1. The topological polar surface area (TPSA) is 35.1 Å². The zero-order valence-corrected chi connectivity index (χ0v) is 10.9. The summed E-state index contributed by atoms with van der Waals surface area (Å²) in [6.45, 7) is 5.22. The van der Waals surface area contributed by atoms with Crippen LogP contribution in [0.5, 0.6) is 0 Å². The number of alkyl halides is 2. The van der Waals surface area contributed by atoms with Crippen molar-refractivity contribution < 1.29 is 13.3 Å². The molecular weight excluding hydrogens is 244 g/mol. The van der Waals surface area contributed by atoms with Crippen molar-refractivity contribution in [3.8, 4) is 0 Å². The van der Waals surface area contributed by atoms with Crippen LogP contribution < -0.4 is 4.72 Å². The Morgan fingerprint density at radius 3 is 2.12 bits per heavy atom. The highest BCUT2D eigenvalue weighted by atomic mass is 32.2. The van der Waals surface area contributed by atoms with Crippen LogP contribution in [0.15, 0.2) is 30.3 Å². The Morgan fingerprint density at radius 1 is 1.18 bits per heavy atom. The van der Waals surface area contributed by atoms with E-state index in [1.807, 2.05) is 0 Å². The van der Waals surface area contributed by atoms with Gasteiger partial charge in [-0.2, -0.15) is 0 Å². The molecule has 2 atom stereocenters. The molecule has 0 amide bonds. The van der Waals surface area contributed by atoms with Crippen molar-refractivity contribution in [2.45, 2.75) is 38.0 Å². The normalized spacial score (nSPS) is 15.9. The van der Waals surface area contributed by atoms with E-state index < -0.39 is 28.6 Å². The average molecular weight is 261 g/mol. The molecule has 0 aliphatic carbocycles. The number of rotatable bonds is 4. The molecule has 0 aliphatic heterocycles. The Morgan fingerprint density at radius 2 is 1.71 bits per heavy atom. The lowest BCUT2D eigenvalue weighted by Gasteiger charge is -2.27. The molecule has 1 aromatic rings. The van der Waals surface area contributed by atoms with Gasteiger partial charge in [0, 0.05) is 11.4 Å². The molecule has 1 aromatic carbocycles. The first-order valence-corrected chi connectivity index (χ1v) is 6.48. The summed E-state index contributed by atoms with van der Waals surface area (Å²) < 4.78 is 39.6. The van der Waals surface area contributed by atoms with E-state index in [2.05, 4.69) is 4.72 Å². The van der Waals surface area contributed by atoms with Gasteiger partial charge < -0.3 is 4.55 Å². The first-order chi connectivity index (χ1) is 7.82. The molecule has 0 radical (unpaired) electrons. The molecule has 0 heterocycles. The zero-order chi connectivity index (χ0) is 13.1. The maximum absolute atomic E-state index is 12.9. The number of hydrogen-bond donors (Lipinski definition) is 1. The van der Waals surface area contributed by atoms with E-state index >= 15 is 0 Å². The highest BCUT2D eigenvalue weighted by molar-refractivity contribution is 7.90. The lowest BCUT2D eigenvalue weighted by molar-refractivity contribution is 0.109. The van der Waals surface area contributed by atoms with E-state index in [0.29, 0.717) is 5.56 Å². The second-order valence-electron chi connectivity index (χ2n) is 4.72. The average Bonchev–Trinajstić information content (AvgIpc) is 2.25. The van der Waals surface area contributed by atoms with E-state index in [0.717, 1.165) is 0 Å². The van der Waals surface area contributed by atoms with Gasteiger partial charge >= 0.3 is 0 Å². The van der Waals surface area contributed by atoms with Gasteiger partial charge in [-0.3, -0.25) is 0 Å². The molecule has 1 rings (SSSR count). The highest BCUT2D eigenvalue weighted by Gasteiger charge is 2.33. The third-order valence-electron chi connectivity index (χ3n) is 2.20. The minimum atomic E-state index is -2.59. The quantitative estimate of drug-likeness (QED) is 0.845. The van der Waals surface area contributed by atoms with Crippen LogP contribution in [0, 0.1) is 0 Å². The Hall–Kier alpha value is -0.650. The van der Waals surface area contributed by atoms with Crippen LogP contribution in [0.4, 0.5) is 8.78 Å². The monoisotopic (exact) mass is 261 g/mol. The van der Waals surface area contributed by atoms with E-state index in [9.17, 15) is 13.3 Å². The second kappa shape index (κ2) is 5.80. The van der Waals surface area contributed by atoms with E-state index in [4.69, 9.17) is 0 Å². The molecule has 0 saturated heterocycles. The maximum Gasteiger partial charge on any atom is 0.262 e. The summed E-state index contributed by atoms with van der Waals surface area (Å²) in [4.78, 5) is 0. The van der Waals surface area contributed by atoms with Gasteiger partial charge in [-0.25, -0.2) is 8.78 Å². The van der Waals surface area contributed by atoms with E-state index in [1.165, 1.54) is 0 Å². The van der Waals surface area contributed by atoms with Crippen LogP contribution in [-0.4, -0.2) is 15.7 Å². The fraction of sp³-hybridized carbons (Fsp3) is 0.500. The van der Waals surface area contributed by atoms with Gasteiger partial charge in [-0.15, -0.1) is 4.72 Å². The number of halogens is 2. The van der Waals surface area contributed by atoms with Gasteiger partial charge in [0.2, 0.25) is 0 Å². The molecule has 0 saturated carbocycles. The van der Waals surface area contributed by atoms with Gasteiger partial charge in [-0.1, -0.05) is 30.3 Å². The molecule has 1 unspecified atom stereocenters. The largest absolute Gasteiger partial charge is 0.598 e. The fourth-order valence-electron chi connectivity index (χ4n) is 1.22. The summed E-state index contributed by atoms with van der Waals surface area (Å²) in [5.74, 6) is 0. The zero-order valence-electron chi connectivity index (χ0n) is 10.1. The van der Waals surface area contributed by atoms with Crippen molar-refractivity contribution in [3.05, 3.63) is 35.9 Å². The van der Waals surface area contributed by atoms with Crippen molar-refractivity contribution in [1.29, 1.82) is 0 Å². The summed E-state index contributed by atoms with van der Waals surface area (Å²) in [5.41, 5.74) is 0.445. The molecule has 1 N–H and O–H groups in total. The van der Waals surface area contributed by atoms with E-state index in [-0.39, 0.29) is 0 Å². The van der Waals surface area contributed by atoms with Gasteiger partial charge in [0.15, 0.2) is 0 Å². The summed E-state index contributed by atoms with van der Waals surface area (Å²) >= 11 is -1.52. The highest BCUT2D eigenvalue weighted by Crippen LogP contribution is 2.24. The SMILES string of the molecule is CC(C)(C)[S@+]([O-])NC(c1ccccc1)C(F)F. The molecule has 0 fully saturated rings. The van der Waals surface area contributed by atoms with Crippen LogP contribution in [0.3, 0.4) is 0 Å². The van der Waals surface area contributed by atoms with Gasteiger partial charge in [-0.05, 0) is 26.3 Å². The minimum absolute atomic E-state index is 0.445. The minimum Gasteiger partial charge on any atom is -0.598 e. The van der Waals surface area contributed by atoms with Crippen LogP contribution in [0.1, 0.15) is 32.4 Å². The Labute approximate surface area is 104 Å². The molecule has 17 heavy (non-hydrogen) atoms. The smallest absolute Gasteiger partial charge is 0.262 e. The predicted molar refractivity (Wildman–Crippen MR) is 66.2 cm³/mol. The van der Waals surface area contributed by atoms with Gasteiger partial charge in [0.05, 0.1) is 0 Å². The molecule has 5 heteroatoms. The fourth-order valence-corrected chi connectivity index (χ4v) is 2.04. The molecule has 0 aliphatic rings.